The van der Waals surface area contributed by atoms with Gasteiger partial charge in [-0.25, -0.2) is 18.8 Å². The molecule has 1 atom stereocenters. The van der Waals surface area contributed by atoms with Crippen molar-refractivity contribution in [3.63, 3.8) is 0 Å². The van der Waals surface area contributed by atoms with Crippen molar-refractivity contribution in [2.24, 2.45) is 10.7 Å². The van der Waals surface area contributed by atoms with Crippen LogP contribution in [-0.2, 0) is 10.3 Å². The molecule has 0 bridgehead atoms. The van der Waals surface area contributed by atoms with Gasteiger partial charge in [-0.15, -0.1) is 0 Å². The normalized spacial score (nSPS) is 19.5. The van der Waals surface area contributed by atoms with Crippen molar-refractivity contribution in [1.29, 1.82) is 0 Å². The molecule has 9 heteroatoms. The molecule has 0 saturated heterocycles. The Morgan fingerprint density at radius 2 is 2.15 bits per heavy atom. The number of hydrogen-bond acceptors (Lipinski definition) is 5. The average molecular weight is 381 g/mol. The number of aromatic nitrogens is 1. The van der Waals surface area contributed by atoms with Crippen LogP contribution in [0.5, 0.6) is 0 Å². The minimum atomic E-state index is -1.01. The first-order valence-electron chi connectivity index (χ1n) is 7.70. The summed E-state index contributed by atoms with van der Waals surface area (Å²) in [5, 5.41) is 2.43. The molecule has 1 aliphatic rings. The SMILES string of the molecule is C[C@@]1(c2cc(NC(=O)c3ncc(F)cc3Cl)ccc2F)CCN=C(N)O1. The lowest BCUT2D eigenvalue weighted by Gasteiger charge is -2.33. The number of hydrogen-bond donors (Lipinski definition) is 2. The Labute approximate surface area is 153 Å². The molecule has 6 nitrogen and oxygen atoms in total. The van der Waals surface area contributed by atoms with Gasteiger partial charge in [0, 0.05) is 24.2 Å². The summed E-state index contributed by atoms with van der Waals surface area (Å²) in [7, 11) is 0. The number of nitrogens with one attached hydrogen (secondary N) is 1. The fourth-order valence-corrected chi connectivity index (χ4v) is 2.90. The van der Waals surface area contributed by atoms with Gasteiger partial charge in [-0.3, -0.25) is 4.79 Å². The van der Waals surface area contributed by atoms with Gasteiger partial charge in [0.1, 0.15) is 22.9 Å². The van der Waals surface area contributed by atoms with Crippen LogP contribution in [-0.4, -0.2) is 23.5 Å². The number of amides is 1. The van der Waals surface area contributed by atoms with E-state index in [2.05, 4.69) is 15.3 Å². The van der Waals surface area contributed by atoms with Crippen LogP contribution in [0.25, 0.3) is 0 Å². The molecule has 0 spiro atoms. The van der Waals surface area contributed by atoms with Gasteiger partial charge in [0.2, 0.25) is 0 Å². The molecule has 26 heavy (non-hydrogen) atoms. The van der Waals surface area contributed by atoms with E-state index in [0.717, 1.165) is 12.3 Å². The number of pyridine rings is 1. The first-order valence-corrected chi connectivity index (χ1v) is 8.08. The van der Waals surface area contributed by atoms with E-state index < -0.39 is 23.1 Å². The van der Waals surface area contributed by atoms with E-state index in [1.807, 2.05) is 0 Å². The lowest BCUT2D eigenvalue weighted by molar-refractivity contribution is 0.0482. The van der Waals surface area contributed by atoms with Gasteiger partial charge >= 0.3 is 0 Å². The molecule has 3 rings (SSSR count). The summed E-state index contributed by atoms with van der Waals surface area (Å²) in [6.07, 6.45) is 1.31. The van der Waals surface area contributed by atoms with Crippen molar-refractivity contribution in [3.05, 3.63) is 58.4 Å². The second-order valence-corrected chi connectivity index (χ2v) is 6.34. The van der Waals surface area contributed by atoms with E-state index in [1.165, 1.54) is 18.2 Å². The molecule has 0 saturated carbocycles. The van der Waals surface area contributed by atoms with Crippen molar-refractivity contribution >= 4 is 29.2 Å². The summed E-state index contributed by atoms with van der Waals surface area (Å²) < 4.78 is 32.9. The van der Waals surface area contributed by atoms with Gasteiger partial charge in [0.05, 0.1) is 11.2 Å². The Morgan fingerprint density at radius 1 is 1.38 bits per heavy atom. The number of carbonyl (C=O) groups excluding carboxylic acids is 1. The highest BCUT2D eigenvalue weighted by Gasteiger charge is 2.35. The predicted octanol–water partition coefficient (Wildman–Crippen LogP) is 3.22. The van der Waals surface area contributed by atoms with Crippen LogP contribution in [0.2, 0.25) is 5.02 Å². The van der Waals surface area contributed by atoms with Gasteiger partial charge in [-0.2, -0.15) is 0 Å². The second-order valence-electron chi connectivity index (χ2n) is 5.94. The molecule has 1 amide bonds. The van der Waals surface area contributed by atoms with Gasteiger partial charge < -0.3 is 15.8 Å². The van der Waals surface area contributed by atoms with Gasteiger partial charge in [0.15, 0.2) is 0 Å². The summed E-state index contributed by atoms with van der Waals surface area (Å²) in [5.74, 6) is -1.81. The van der Waals surface area contributed by atoms with Gasteiger partial charge in [-0.05, 0) is 31.2 Å². The topological polar surface area (TPSA) is 89.6 Å². The van der Waals surface area contributed by atoms with E-state index in [4.69, 9.17) is 22.1 Å². The lowest BCUT2D eigenvalue weighted by atomic mass is 9.90. The average Bonchev–Trinajstić information content (AvgIpc) is 2.56. The minimum absolute atomic E-state index is 0.0186. The number of benzene rings is 1. The Morgan fingerprint density at radius 3 is 2.85 bits per heavy atom. The van der Waals surface area contributed by atoms with Gasteiger partial charge in [0.25, 0.3) is 11.9 Å². The Bertz CT molecular complexity index is 906. The number of anilines is 1. The lowest BCUT2D eigenvalue weighted by Crippen LogP contribution is -2.38. The van der Waals surface area contributed by atoms with Crippen LogP contribution < -0.4 is 11.1 Å². The third kappa shape index (κ3) is 3.60. The molecule has 0 radical (unpaired) electrons. The maximum atomic E-state index is 14.3. The van der Waals surface area contributed by atoms with Crippen LogP contribution in [0.4, 0.5) is 14.5 Å². The van der Waals surface area contributed by atoms with E-state index in [9.17, 15) is 13.6 Å². The quantitative estimate of drug-likeness (QED) is 0.855. The minimum Gasteiger partial charge on any atom is -0.454 e. The van der Waals surface area contributed by atoms with E-state index >= 15 is 0 Å². The van der Waals surface area contributed by atoms with Crippen LogP contribution in [0.1, 0.15) is 29.4 Å². The monoisotopic (exact) mass is 380 g/mol. The summed E-state index contributed by atoms with van der Waals surface area (Å²) in [5.41, 5.74) is 4.98. The Balaban J connectivity index is 1.88. The van der Waals surface area contributed by atoms with E-state index in [1.54, 1.807) is 6.92 Å². The van der Waals surface area contributed by atoms with Crippen LogP contribution in [0, 0.1) is 11.6 Å². The van der Waals surface area contributed by atoms with Crippen molar-refractivity contribution < 1.29 is 18.3 Å². The highest BCUT2D eigenvalue weighted by Crippen LogP contribution is 2.34. The van der Waals surface area contributed by atoms with Crippen LogP contribution in [0.15, 0.2) is 35.5 Å². The number of halogens is 3. The Hall–Kier alpha value is -2.74. The highest BCUT2D eigenvalue weighted by atomic mass is 35.5. The number of ether oxygens (including phenoxy) is 1. The molecule has 1 aliphatic heterocycles. The smallest absolute Gasteiger partial charge is 0.282 e. The standard InChI is InChI=1S/C17H15ClF2N4O2/c1-17(4-5-22-16(21)26-17)11-7-10(2-3-13(11)20)24-15(25)14-12(18)6-9(19)8-23-14/h2-3,6-8H,4-5H2,1H3,(H2,21,22)(H,24,25)/t17-/m0/s1. The highest BCUT2D eigenvalue weighted by molar-refractivity contribution is 6.34. The zero-order valence-corrected chi connectivity index (χ0v) is 14.5. The summed E-state index contributed by atoms with van der Waals surface area (Å²) in [6.45, 7) is 2.09. The molecule has 2 aromatic rings. The molecule has 2 heterocycles. The molecule has 0 aliphatic carbocycles. The summed E-state index contributed by atoms with van der Waals surface area (Å²) >= 11 is 5.84. The molecule has 136 valence electrons. The summed E-state index contributed by atoms with van der Waals surface area (Å²) in [6, 6.07) is 5.01. The molecule has 1 aromatic carbocycles. The van der Waals surface area contributed by atoms with E-state index in [0.29, 0.717) is 18.7 Å². The zero-order valence-electron chi connectivity index (χ0n) is 13.7. The fourth-order valence-electron chi connectivity index (χ4n) is 2.66. The fraction of sp³-hybridized carbons (Fsp3) is 0.235. The maximum Gasteiger partial charge on any atom is 0.282 e. The third-order valence-corrected chi connectivity index (χ3v) is 4.29. The largest absolute Gasteiger partial charge is 0.454 e. The molecule has 1 aromatic heterocycles. The zero-order chi connectivity index (χ0) is 18.9. The van der Waals surface area contributed by atoms with Crippen LogP contribution in [0.3, 0.4) is 0 Å². The molecule has 0 unspecified atom stereocenters. The molecular formula is C17H15ClF2N4O2. The first kappa shape index (κ1) is 18.1. The number of nitrogens with two attached hydrogens (primary N) is 1. The maximum absolute atomic E-state index is 14.3. The predicted molar refractivity (Wildman–Crippen MR) is 93.1 cm³/mol. The van der Waals surface area contributed by atoms with Gasteiger partial charge in [-0.1, -0.05) is 11.6 Å². The molecule has 3 N–H and O–H groups in total. The summed E-state index contributed by atoms with van der Waals surface area (Å²) in [4.78, 5) is 19.9. The van der Waals surface area contributed by atoms with Crippen molar-refractivity contribution in [3.8, 4) is 0 Å². The van der Waals surface area contributed by atoms with Crippen molar-refractivity contribution in [2.45, 2.75) is 18.9 Å². The number of nitrogens with zero attached hydrogens (tertiary/aromatic N) is 2. The van der Waals surface area contributed by atoms with Crippen molar-refractivity contribution in [1.82, 2.24) is 4.98 Å². The third-order valence-electron chi connectivity index (χ3n) is 4.00. The van der Waals surface area contributed by atoms with Crippen molar-refractivity contribution in [2.75, 3.05) is 11.9 Å². The molecule has 0 fully saturated rings. The van der Waals surface area contributed by atoms with E-state index in [-0.39, 0.29) is 22.3 Å². The molecular weight excluding hydrogens is 366 g/mol. The first-order chi connectivity index (χ1) is 12.3. The number of carbonyl (C=O) groups is 1. The number of rotatable bonds is 3. The Kier molecular flexibility index (Phi) is 4.78. The number of aliphatic imine (C=N–C) groups is 1. The second kappa shape index (κ2) is 6.87. The number of amidine groups is 1. The van der Waals surface area contributed by atoms with Crippen LogP contribution >= 0.6 is 11.6 Å².